The molecule has 16 heavy (non-hydrogen) atoms. The third-order valence-corrected chi connectivity index (χ3v) is 3.04. The predicted octanol–water partition coefficient (Wildman–Crippen LogP) is 1.73. The summed E-state index contributed by atoms with van der Waals surface area (Å²) in [5.41, 5.74) is 1.92. The fourth-order valence-electron chi connectivity index (χ4n) is 1.95. The fourth-order valence-corrected chi connectivity index (χ4v) is 1.95. The smallest absolute Gasteiger partial charge is 0.316 e. The molecular formula is C13H16O3. The Kier molecular flexibility index (Phi) is 2.97. The highest BCUT2D eigenvalue weighted by Crippen LogP contribution is 2.33. The lowest BCUT2D eigenvalue weighted by Crippen LogP contribution is -2.51. The Labute approximate surface area is 95.4 Å². The molecule has 1 saturated heterocycles. The first-order chi connectivity index (χ1) is 7.66. The molecule has 0 unspecified atom stereocenters. The summed E-state index contributed by atoms with van der Waals surface area (Å²) in [4.78, 5) is 11.7. The van der Waals surface area contributed by atoms with Crippen molar-refractivity contribution in [1.82, 2.24) is 0 Å². The Balaban J connectivity index is 2.13. The number of rotatable bonds is 3. The average molecular weight is 220 g/mol. The Morgan fingerprint density at radius 3 is 2.44 bits per heavy atom. The summed E-state index contributed by atoms with van der Waals surface area (Å²) in [6.07, 6.45) is 0.694. The van der Waals surface area contributed by atoms with E-state index in [2.05, 4.69) is 24.3 Å². The van der Waals surface area contributed by atoms with Crippen LogP contribution in [0.1, 0.15) is 11.1 Å². The molecule has 1 aromatic rings. The number of hydrogen-bond donors (Lipinski definition) is 0. The van der Waals surface area contributed by atoms with Gasteiger partial charge in [0.15, 0.2) is 0 Å². The number of hydrogen-bond acceptors (Lipinski definition) is 3. The SMILES string of the molecule is COC(=O)C1(Cc2ccc(C)cc2)COC1. The summed E-state index contributed by atoms with van der Waals surface area (Å²) in [7, 11) is 1.43. The topological polar surface area (TPSA) is 35.5 Å². The summed E-state index contributed by atoms with van der Waals surface area (Å²) in [6.45, 7) is 2.98. The highest BCUT2D eigenvalue weighted by molar-refractivity contribution is 5.78. The van der Waals surface area contributed by atoms with Crippen LogP contribution in [-0.2, 0) is 20.7 Å². The molecule has 1 fully saturated rings. The number of aryl methyl sites for hydroxylation is 1. The zero-order valence-corrected chi connectivity index (χ0v) is 9.66. The summed E-state index contributed by atoms with van der Waals surface area (Å²) >= 11 is 0. The molecule has 2 rings (SSSR count). The van der Waals surface area contributed by atoms with E-state index >= 15 is 0 Å². The van der Waals surface area contributed by atoms with Gasteiger partial charge in [0.1, 0.15) is 5.41 Å². The minimum atomic E-state index is -0.454. The van der Waals surface area contributed by atoms with Gasteiger partial charge in [-0.3, -0.25) is 4.79 Å². The molecule has 0 aromatic heterocycles. The van der Waals surface area contributed by atoms with Crippen molar-refractivity contribution in [3.8, 4) is 0 Å². The zero-order chi connectivity index (χ0) is 11.6. The third-order valence-electron chi connectivity index (χ3n) is 3.04. The monoisotopic (exact) mass is 220 g/mol. The van der Waals surface area contributed by atoms with Gasteiger partial charge < -0.3 is 9.47 Å². The third kappa shape index (κ3) is 1.95. The van der Waals surface area contributed by atoms with Gasteiger partial charge in [0.25, 0.3) is 0 Å². The summed E-state index contributed by atoms with van der Waals surface area (Å²) in [5, 5.41) is 0. The molecule has 1 aromatic carbocycles. The maximum Gasteiger partial charge on any atom is 0.316 e. The van der Waals surface area contributed by atoms with Crippen molar-refractivity contribution in [3.05, 3.63) is 35.4 Å². The zero-order valence-electron chi connectivity index (χ0n) is 9.66. The molecule has 0 N–H and O–H groups in total. The van der Waals surface area contributed by atoms with E-state index in [0.29, 0.717) is 19.6 Å². The van der Waals surface area contributed by atoms with E-state index in [1.165, 1.54) is 12.7 Å². The standard InChI is InChI=1S/C13H16O3/c1-10-3-5-11(6-4-10)7-13(8-16-9-13)12(14)15-2/h3-6H,7-9H2,1-2H3. The highest BCUT2D eigenvalue weighted by Gasteiger charge is 2.46. The molecule has 0 amide bonds. The molecule has 1 aliphatic rings. The van der Waals surface area contributed by atoms with Crippen LogP contribution in [0.2, 0.25) is 0 Å². The Hall–Kier alpha value is -1.35. The fraction of sp³-hybridized carbons (Fsp3) is 0.462. The van der Waals surface area contributed by atoms with E-state index in [1.54, 1.807) is 0 Å². The molecule has 3 heteroatoms. The van der Waals surface area contributed by atoms with Gasteiger partial charge in [0.05, 0.1) is 20.3 Å². The first kappa shape index (κ1) is 11.1. The van der Waals surface area contributed by atoms with E-state index in [1.807, 2.05) is 6.92 Å². The predicted molar refractivity (Wildman–Crippen MR) is 60.2 cm³/mol. The molecule has 1 heterocycles. The molecule has 1 aliphatic heterocycles. The van der Waals surface area contributed by atoms with Crippen LogP contribution in [0.15, 0.2) is 24.3 Å². The van der Waals surface area contributed by atoms with E-state index in [4.69, 9.17) is 9.47 Å². The van der Waals surface area contributed by atoms with Crippen molar-refractivity contribution in [2.24, 2.45) is 5.41 Å². The lowest BCUT2D eigenvalue weighted by atomic mass is 9.80. The largest absolute Gasteiger partial charge is 0.468 e. The van der Waals surface area contributed by atoms with Crippen molar-refractivity contribution < 1.29 is 14.3 Å². The molecule has 0 atom stereocenters. The lowest BCUT2D eigenvalue weighted by molar-refractivity contribution is -0.182. The second-order valence-corrected chi connectivity index (χ2v) is 4.43. The van der Waals surface area contributed by atoms with Crippen LogP contribution in [0.3, 0.4) is 0 Å². The maximum absolute atomic E-state index is 11.7. The number of carbonyl (C=O) groups is 1. The number of ether oxygens (including phenoxy) is 2. The molecule has 86 valence electrons. The van der Waals surface area contributed by atoms with Crippen LogP contribution < -0.4 is 0 Å². The molecule has 0 saturated carbocycles. The van der Waals surface area contributed by atoms with Gasteiger partial charge in [-0.1, -0.05) is 29.8 Å². The second-order valence-electron chi connectivity index (χ2n) is 4.43. The minimum absolute atomic E-state index is 0.167. The number of methoxy groups -OCH3 is 1. The van der Waals surface area contributed by atoms with Crippen molar-refractivity contribution in [2.75, 3.05) is 20.3 Å². The Morgan fingerprint density at radius 1 is 1.38 bits per heavy atom. The van der Waals surface area contributed by atoms with Crippen LogP contribution in [0.5, 0.6) is 0 Å². The van der Waals surface area contributed by atoms with Crippen molar-refractivity contribution in [3.63, 3.8) is 0 Å². The number of benzene rings is 1. The first-order valence-electron chi connectivity index (χ1n) is 5.38. The van der Waals surface area contributed by atoms with E-state index < -0.39 is 5.41 Å². The van der Waals surface area contributed by atoms with Gasteiger partial charge in [-0.2, -0.15) is 0 Å². The van der Waals surface area contributed by atoms with Crippen LogP contribution in [0.4, 0.5) is 0 Å². The Bertz CT molecular complexity index is 377. The minimum Gasteiger partial charge on any atom is -0.468 e. The van der Waals surface area contributed by atoms with Gasteiger partial charge in [-0.05, 0) is 18.9 Å². The highest BCUT2D eigenvalue weighted by atomic mass is 16.5. The summed E-state index contributed by atoms with van der Waals surface area (Å²) in [5.74, 6) is -0.167. The normalized spacial score (nSPS) is 17.6. The van der Waals surface area contributed by atoms with Crippen molar-refractivity contribution in [2.45, 2.75) is 13.3 Å². The van der Waals surface area contributed by atoms with Crippen LogP contribution in [0, 0.1) is 12.3 Å². The molecule has 0 spiro atoms. The molecular weight excluding hydrogens is 204 g/mol. The Morgan fingerprint density at radius 2 is 2.00 bits per heavy atom. The summed E-state index contributed by atoms with van der Waals surface area (Å²) < 4.78 is 9.99. The average Bonchev–Trinajstić information content (AvgIpc) is 2.25. The summed E-state index contributed by atoms with van der Waals surface area (Å²) in [6, 6.07) is 8.22. The number of carbonyl (C=O) groups excluding carboxylic acids is 1. The molecule has 3 nitrogen and oxygen atoms in total. The molecule has 0 radical (unpaired) electrons. The van der Waals surface area contributed by atoms with Gasteiger partial charge in [-0.25, -0.2) is 0 Å². The van der Waals surface area contributed by atoms with Gasteiger partial charge in [0.2, 0.25) is 0 Å². The van der Waals surface area contributed by atoms with Gasteiger partial charge in [0, 0.05) is 0 Å². The number of esters is 1. The van der Waals surface area contributed by atoms with Crippen molar-refractivity contribution >= 4 is 5.97 Å². The molecule has 0 bridgehead atoms. The maximum atomic E-state index is 11.7. The van der Waals surface area contributed by atoms with E-state index in [9.17, 15) is 4.79 Å². The van der Waals surface area contributed by atoms with Crippen LogP contribution >= 0.6 is 0 Å². The second kappa shape index (κ2) is 4.26. The van der Waals surface area contributed by atoms with E-state index in [0.717, 1.165) is 5.56 Å². The van der Waals surface area contributed by atoms with Crippen LogP contribution in [0.25, 0.3) is 0 Å². The first-order valence-corrected chi connectivity index (χ1v) is 5.38. The van der Waals surface area contributed by atoms with Gasteiger partial charge >= 0.3 is 5.97 Å². The lowest BCUT2D eigenvalue weighted by Gasteiger charge is -2.38. The molecule has 0 aliphatic carbocycles. The van der Waals surface area contributed by atoms with Crippen LogP contribution in [-0.4, -0.2) is 26.3 Å². The van der Waals surface area contributed by atoms with E-state index in [-0.39, 0.29) is 5.97 Å². The van der Waals surface area contributed by atoms with Crippen molar-refractivity contribution in [1.29, 1.82) is 0 Å². The van der Waals surface area contributed by atoms with Gasteiger partial charge in [-0.15, -0.1) is 0 Å². The quantitative estimate of drug-likeness (QED) is 0.728.